The Morgan fingerprint density at radius 3 is 2.28 bits per heavy atom. The van der Waals surface area contributed by atoms with Crippen molar-refractivity contribution in [1.29, 1.82) is 0 Å². The Balaban J connectivity index is 2.32. The average Bonchev–Trinajstić information content (AvgIpc) is 2.49. The van der Waals surface area contributed by atoms with Crippen molar-refractivity contribution in [2.24, 2.45) is 0 Å². The smallest absolute Gasteiger partial charge is 0.491 e. The molecular weight excluding hydrogens is 233 g/mol. The summed E-state index contributed by atoms with van der Waals surface area (Å²) in [5.41, 5.74) is -0.329. The fourth-order valence-electron chi connectivity index (χ4n) is 1.75. The molecule has 1 aliphatic rings. The van der Waals surface area contributed by atoms with Crippen molar-refractivity contribution in [2.45, 2.75) is 38.9 Å². The molecule has 98 valence electrons. The first kappa shape index (κ1) is 13.2. The first-order valence-corrected chi connectivity index (χ1v) is 5.89. The Kier molecular flexibility index (Phi) is 3.03. The molecule has 1 aromatic heterocycles. The third-order valence-corrected chi connectivity index (χ3v) is 3.64. The number of rotatable bonds is 2. The first-order valence-electron chi connectivity index (χ1n) is 5.89. The second kappa shape index (κ2) is 4.14. The number of hydrogen-bond donors (Lipinski definition) is 1. The zero-order chi connectivity index (χ0) is 13.6. The van der Waals surface area contributed by atoms with E-state index in [1.54, 1.807) is 12.3 Å². The summed E-state index contributed by atoms with van der Waals surface area (Å²) in [6, 6.07) is 1.64. The van der Waals surface area contributed by atoms with Gasteiger partial charge in [0.05, 0.1) is 18.3 Å². The zero-order valence-electron chi connectivity index (χ0n) is 11.4. The molecule has 0 aromatic carbocycles. The van der Waals surface area contributed by atoms with E-state index in [-0.39, 0.29) is 11.3 Å². The van der Waals surface area contributed by atoms with Crippen molar-refractivity contribution < 1.29 is 14.0 Å². The highest BCUT2D eigenvalue weighted by atomic mass is 16.7. The zero-order valence-corrected chi connectivity index (χ0v) is 11.4. The van der Waals surface area contributed by atoms with Gasteiger partial charge in [0.1, 0.15) is 0 Å². The van der Waals surface area contributed by atoms with Crippen molar-refractivity contribution in [3.63, 3.8) is 0 Å². The van der Waals surface area contributed by atoms with Gasteiger partial charge in [-0.1, -0.05) is 0 Å². The van der Waals surface area contributed by atoms with Crippen LogP contribution in [-0.2, 0) is 9.31 Å². The summed E-state index contributed by atoms with van der Waals surface area (Å²) in [5, 5.41) is 0. The maximum absolute atomic E-state index is 11.4. The van der Waals surface area contributed by atoms with E-state index in [1.165, 1.54) is 7.11 Å². The molecule has 0 radical (unpaired) electrons. The maximum Gasteiger partial charge on any atom is 0.496 e. The predicted molar refractivity (Wildman–Crippen MR) is 69.3 cm³/mol. The monoisotopic (exact) mass is 251 g/mol. The molecule has 5 nitrogen and oxygen atoms in total. The molecule has 1 saturated heterocycles. The molecule has 1 aliphatic heterocycles. The normalized spacial score (nSPS) is 21.1. The second-order valence-electron chi connectivity index (χ2n) is 5.42. The highest BCUT2D eigenvalue weighted by molar-refractivity contribution is 6.62. The van der Waals surface area contributed by atoms with Crippen LogP contribution in [0.15, 0.2) is 17.1 Å². The molecule has 0 bridgehead atoms. The summed E-state index contributed by atoms with van der Waals surface area (Å²) in [4.78, 5) is 14.0. The van der Waals surface area contributed by atoms with Crippen LogP contribution in [-0.4, -0.2) is 30.4 Å². The molecule has 0 saturated carbocycles. The van der Waals surface area contributed by atoms with Gasteiger partial charge in [0.15, 0.2) is 5.75 Å². The Morgan fingerprint density at radius 2 is 1.78 bits per heavy atom. The summed E-state index contributed by atoms with van der Waals surface area (Å²) in [6.07, 6.45) is 1.59. The lowest BCUT2D eigenvalue weighted by Gasteiger charge is -2.32. The lowest BCUT2D eigenvalue weighted by molar-refractivity contribution is 0.00578. The minimum atomic E-state index is -0.499. The lowest BCUT2D eigenvalue weighted by atomic mass is 9.80. The summed E-state index contributed by atoms with van der Waals surface area (Å²) >= 11 is 0. The number of nitrogens with one attached hydrogen (secondary N) is 1. The lowest BCUT2D eigenvalue weighted by Crippen LogP contribution is -2.41. The molecular formula is C12H18BNO4. The van der Waals surface area contributed by atoms with Gasteiger partial charge in [0, 0.05) is 11.7 Å². The van der Waals surface area contributed by atoms with Gasteiger partial charge in [-0.2, -0.15) is 0 Å². The number of H-pyrrole nitrogens is 1. The Morgan fingerprint density at radius 1 is 1.22 bits per heavy atom. The second-order valence-corrected chi connectivity index (χ2v) is 5.42. The Bertz CT molecular complexity index is 493. The van der Waals surface area contributed by atoms with Crippen molar-refractivity contribution in [1.82, 2.24) is 4.98 Å². The molecule has 0 unspecified atom stereocenters. The number of aromatic nitrogens is 1. The summed E-state index contributed by atoms with van der Waals surface area (Å²) < 4.78 is 16.8. The van der Waals surface area contributed by atoms with Crippen molar-refractivity contribution in [3.8, 4) is 5.75 Å². The van der Waals surface area contributed by atoms with Crippen molar-refractivity contribution >= 4 is 12.6 Å². The highest BCUT2D eigenvalue weighted by Gasteiger charge is 2.51. The molecule has 0 amide bonds. The van der Waals surface area contributed by atoms with Gasteiger partial charge in [-0.25, -0.2) is 0 Å². The Labute approximate surface area is 107 Å². The van der Waals surface area contributed by atoms with Crippen LogP contribution in [0.3, 0.4) is 0 Å². The molecule has 0 spiro atoms. The van der Waals surface area contributed by atoms with E-state index in [9.17, 15) is 4.79 Å². The van der Waals surface area contributed by atoms with Crippen molar-refractivity contribution in [3.05, 3.63) is 22.6 Å². The van der Waals surface area contributed by atoms with Crippen LogP contribution in [0.25, 0.3) is 0 Å². The van der Waals surface area contributed by atoms with E-state index < -0.39 is 18.3 Å². The molecule has 6 heteroatoms. The number of aromatic amines is 1. The van der Waals surface area contributed by atoms with Crippen LogP contribution < -0.4 is 15.8 Å². The van der Waals surface area contributed by atoms with E-state index in [2.05, 4.69) is 4.98 Å². The molecule has 0 atom stereocenters. The van der Waals surface area contributed by atoms with Crippen LogP contribution in [0.4, 0.5) is 0 Å². The van der Waals surface area contributed by atoms with E-state index in [4.69, 9.17) is 14.0 Å². The van der Waals surface area contributed by atoms with Crippen LogP contribution in [0, 0.1) is 0 Å². The first-order chi connectivity index (χ1) is 8.27. The average molecular weight is 251 g/mol. The van der Waals surface area contributed by atoms with Gasteiger partial charge < -0.3 is 19.0 Å². The van der Waals surface area contributed by atoms with E-state index >= 15 is 0 Å². The molecule has 1 N–H and O–H groups in total. The van der Waals surface area contributed by atoms with E-state index in [1.807, 2.05) is 27.7 Å². The van der Waals surface area contributed by atoms with Gasteiger partial charge in [-0.05, 0) is 33.8 Å². The fraction of sp³-hybridized carbons (Fsp3) is 0.583. The van der Waals surface area contributed by atoms with Gasteiger partial charge in [0.2, 0.25) is 0 Å². The van der Waals surface area contributed by atoms with Crippen molar-refractivity contribution in [2.75, 3.05) is 7.11 Å². The summed E-state index contributed by atoms with van der Waals surface area (Å²) in [7, 11) is 0.958. The van der Waals surface area contributed by atoms with Gasteiger partial charge in [-0.15, -0.1) is 0 Å². The third kappa shape index (κ3) is 2.06. The fourth-order valence-corrected chi connectivity index (χ4v) is 1.75. The number of ether oxygens (including phenoxy) is 1. The quantitative estimate of drug-likeness (QED) is 0.785. The van der Waals surface area contributed by atoms with Gasteiger partial charge >= 0.3 is 7.12 Å². The molecule has 0 aliphatic carbocycles. The predicted octanol–water partition coefficient (Wildman–Crippen LogP) is 0.683. The molecule has 2 rings (SSSR count). The minimum absolute atomic E-state index is 0.252. The summed E-state index contributed by atoms with van der Waals surface area (Å²) in [6.45, 7) is 7.93. The molecule has 2 heterocycles. The van der Waals surface area contributed by atoms with Crippen LogP contribution in [0.2, 0.25) is 0 Å². The SMILES string of the molecule is COc1cc(B2OC(C)(C)C(C)(C)O2)c[nH]c1=O. The van der Waals surface area contributed by atoms with Gasteiger partial charge in [0.25, 0.3) is 5.56 Å². The van der Waals surface area contributed by atoms with E-state index in [0.717, 1.165) is 5.46 Å². The molecule has 1 fully saturated rings. The topological polar surface area (TPSA) is 60.6 Å². The van der Waals surface area contributed by atoms with Crippen LogP contribution in [0.5, 0.6) is 5.75 Å². The van der Waals surface area contributed by atoms with Crippen LogP contribution in [0.1, 0.15) is 27.7 Å². The largest absolute Gasteiger partial charge is 0.496 e. The third-order valence-electron chi connectivity index (χ3n) is 3.64. The minimum Gasteiger partial charge on any atom is -0.491 e. The number of pyridine rings is 1. The van der Waals surface area contributed by atoms with Crippen LogP contribution >= 0.6 is 0 Å². The molecule has 18 heavy (non-hydrogen) atoms. The number of methoxy groups -OCH3 is 1. The maximum atomic E-state index is 11.4. The summed E-state index contributed by atoms with van der Waals surface area (Å²) in [5.74, 6) is 0.252. The van der Waals surface area contributed by atoms with Gasteiger partial charge in [-0.3, -0.25) is 4.79 Å². The highest BCUT2D eigenvalue weighted by Crippen LogP contribution is 2.36. The standard InChI is InChI=1S/C12H18BNO4/c1-11(2)12(3,4)18-13(17-11)8-6-9(16-5)10(15)14-7-8/h6-7H,1-5H3,(H,14,15). The number of hydrogen-bond acceptors (Lipinski definition) is 4. The molecule has 1 aromatic rings. The Hall–Kier alpha value is -1.27. The van der Waals surface area contributed by atoms with E-state index in [0.29, 0.717) is 0 Å².